The van der Waals surface area contributed by atoms with Crippen molar-refractivity contribution in [3.05, 3.63) is 34.9 Å². The molecule has 2 atom stereocenters. The second-order valence-electron chi connectivity index (χ2n) is 7.13. The van der Waals surface area contributed by atoms with Crippen LogP contribution in [0.15, 0.2) is 24.3 Å². The number of nitrogens with zero attached hydrogens (tertiary/aromatic N) is 1. The molecule has 1 aliphatic heterocycles. The molecule has 2 unspecified atom stereocenters. The van der Waals surface area contributed by atoms with E-state index in [0.29, 0.717) is 42.9 Å². The third-order valence-electron chi connectivity index (χ3n) is 4.49. The normalized spacial score (nSPS) is 18.5. The van der Waals surface area contributed by atoms with Gasteiger partial charge >= 0.3 is 5.97 Å². The number of aliphatic carboxylic acids is 1. The van der Waals surface area contributed by atoms with E-state index >= 15 is 0 Å². The Kier molecular flexibility index (Phi) is 7.03. The number of nitrogens with one attached hydrogen (secondary N) is 1. The van der Waals surface area contributed by atoms with Crippen LogP contribution in [-0.2, 0) is 9.59 Å². The van der Waals surface area contributed by atoms with Crippen LogP contribution < -0.4 is 5.32 Å². The molecule has 0 aliphatic carbocycles. The van der Waals surface area contributed by atoms with Gasteiger partial charge in [0, 0.05) is 23.7 Å². The highest BCUT2D eigenvalue weighted by atomic mass is 35.5. The highest BCUT2D eigenvalue weighted by molar-refractivity contribution is 6.30. The topological polar surface area (TPSA) is 86.7 Å². The maximum atomic E-state index is 12.6. The molecule has 2 N–H and O–H groups in total. The van der Waals surface area contributed by atoms with E-state index in [9.17, 15) is 19.5 Å². The van der Waals surface area contributed by atoms with Gasteiger partial charge in [0.05, 0.1) is 5.92 Å². The number of carbonyl (C=O) groups is 3. The number of rotatable bonds is 6. The molecule has 1 aliphatic rings. The molecule has 1 aromatic carbocycles. The van der Waals surface area contributed by atoms with Gasteiger partial charge in [-0.25, -0.2) is 4.79 Å². The maximum absolute atomic E-state index is 12.6. The Balaban J connectivity index is 2.00. The fraction of sp³-hybridized carbons (Fsp3) is 0.526. The molecule has 6 nitrogen and oxygen atoms in total. The number of piperidine rings is 1. The summed E-state index contributed by atoms with van der Waals surface area (Å²) in [5, 5.41) is 12.5. The summed E-state index contributed by atoms with van der Waals surface area (Å²) in [7, 11) is 0. The van der Waals surface area contributed by atoms with E-state index in [-0.39, 0.29) is 17.7 Å². The average molecular weight is 381 g/mol. The summed E-state index contributed by atoms with van der Waals surface area (Å²) >= 11 is 5.85. The van der Waals surface area contributed by atoms with Gasteiger partial charge in [0.15, 0.2) is 0 Å². The largest absolute Gasteiger partial charge is 0.480 e. The second kappa shape index (κ2) is 9.03. The van der Waals surface area contributed by atoms with Gasteiger partial charge in [0.2, 0.25) is 5.91 Å². The minimum atomic E-state index is -1.03. The molecule has 1 heterocycles. The average Bonchev–Trinajstić information content (AvgIpc) is 2.60. The van der Waals surface area contributed by atoms with Crippen molar-refractivity contribution in [1.29, 1.82) is 0 Å². The number of benzene rings is 1. The molecule has 0 aromatic heterocycles. The molecule has 0 spiro atoms. The number of carboxylic acid groups (broad SMARTS) is 1. The van der Waals surface area contributed by atoms with Gasteiger partial charge in [-0.2, -0.15) is 0 Å². The predicted molar refractivity (Wildman–Crippen MR) is 99.1 cm³/mol. The van der Waals surface area contributed by atoms with E-state index in [2.05, 4.69) is 5.32 Å². The van der Waals surface area contributed by atoms with Gasteiger partial charge in [-0.1, -0.05) is 25.4 Å². The number of carboxylic acids is 1. The first-order chi connectivity index (χ1) is 12.3. The zero-order valence-electron chi connectivity index (χ0n) is 15.1. The molecule has 2 rings (SSSR count). The Bertz CT molecular complexity index is 660. The monoisotopic (exact) mass is 380 g/mol. The fourth-order valence-electron chi connectivity index (χ4n) is 3.13. The van der Waals surface area contributed by atoms with Crippen molar-refractivity contribution in [1.82, 2.24) is 10.2 Å². The van der Waals surface area contributed by atoms with E-state index in [0.717, 1.165) is 0 Å². The number of likely N-dealkylation sites (tertiary alicyclic amines) is 1. The summed E-state index contributed by atoms with van der Waals surface area (Å²) in [6.07, 6.45) is 1.73. The van der Waals surface area contributed by atoms with E-state index in [1.54, 1.807) is 29.2 Å². The number of amides is 2. The summed E-state index contributed by atoms with van der Waals surface area (Å²) in [6, 6.07) is 5.75. The van der Waals surface area contributed by atoms with Gasteiger partial charge in [-0.05, 0) is 49.4 Å². The van der Waals surface area contributed by atoms with Crippen molar-refractivity contribution >= 4 is 29.4 Å². The zero-order valence-corrected chi connectivity index (χ0v) is 15.8. The van der Waals surface area contributed by atoms with Gasteiger partial charge in [-0.3, -0.25) is 9.59 Å². The number of carbonyl (C=O) groups excluding carboxylic acids is 2. The predicted octanol–water partition coefficient (Wildman–Crippen LogP) is 2.81. The Hall–Kier alpha value is -2.08. The highest BCUT2D eigenvalue weighted by Gasteiger charge is 2.31. The van der Waals surface area contributed by atoms with Crippen LogP contribution in [0.3, 0.4) is 0 Å². The molecule has 0 radical (unpaired) electrons. The molecule has 26 heavy (non-hydrogen) atoms. The molecule has 1 fully saturated rings. The molecule has 142 valence electrons. The summed E-state index contributed by atoms with van der Waals surface area (Å²) in [4.78, 5) is 38.1. The van der Waals surface area contributed by atoms with Crippen LogP contribution in [0.25, 0.3) is 0 Å². The lowest BCUT2D eigenvalue weighted by molar-refractivity contribution is -0.143. The van der Waals surface area contributed by atoms with E-state index in [1.807, 2.05) is 13.8 Å². The van der Waals surface area contributed by atoms with E-state index in [1.165, 1.54) is 0 Å². The Labute approximate surface area is 158 Å². The minimum Gasteiger partial charge on any atom is -0.480 e. The SMILES string of the molecule is CC(C)CC(NC(=O)C1CCCN(C(=O)c2ccc(Cl)cc2)C1)C(=O)O. The molecule has 2 amide bonds. The van der Waals surface area contributed by atoms with Crippen molar-refractivity contribution in [2.75, 3.05) is 13.1 Å². The molecule has 1 saturated heterocycles. The molecular formula is C19H25ClN2O4. The quantitative estimate of drug-likeness (QED) is 0.794. The van der Waals surface area contributed by atoms with Crippen molar-refractivity contribution < 1.29 is 19.5 Å². The summed E-state index contributed by atoms with van der Waals surface area (Å²) in [6.45, 7) is 4.70. The second-order valence-corrected chi connectivity index (χ2v) is 7.56. The number of halogens is 1. The summed E-state index contributed by atoms with van der Waals surface area (Å²) in [5.74, 6) is -1.71. The summed E-state index contributed by atoms with van der Waals surface area (Å²) < 4.78 is 0. The maximum Gasteiger partial charge on any atom is 0.326 e. The Morgan fingerprint density at radius 1 is 1.27 bits per heavy atom. The highest BCUT2D eigenvalue weighted by Crippen LogP contribution is 2.20. The standard InChI is InChI=1S/C19H25ClN2O4/c1-12(2)10-16(19(25)26)21-17(23)14-4-3-9-22(11-14)18(24)13-5-7-15(20)8-6-13/h5-8,12,14,16H,3-4,9-11H2,1-2H3,(H,21,23)(H,25,26). The van der Waals surface area contributed by atoms with Crippen molar-refractivity contribution in [2.24, 2.45) is 11.8 Å². The lowest BCUT2D eigenvalue weighted by atomic mass is 9.95. The smallest absolute Gasteiger partial charge is 0.326 e. The number of hydrogen-bond acceptors (Lipinski definition) is 3. The van der Waals surface area contributed by atoms with Crippen LogP contribution in [0.2, 0.25) is 5.02 Å². The van der Waals surface area contributed by atoms with Gasteiger partial charge in [0.1, 0.15) is 6.04 Å². The van der Waals surface area contributed by atoms with Gasteiger partial charge < -0.3 is 15.3 Å². The number of hydrogen-bond donors (Lipinski definition) is 2. The van der Waals surface area contributed by atoms with Crippen LogP contribution in [0.5, 0.6) is 0 Å². The lowest BCUT2D eigenvalue weighted by Gasteiger charge is -2.32. The molecule has 0 saturated carbocycles. The minimum absolute atomic E-state index is 0.142. The van der Waals surface area contributed by atoms with Crippen LogP contribution in [0.1, 0.15) is 43.5 Å². The van der Waals surface area contributed by atoms with Gasteiger partial charge in [-0.15, -0.1) is 0 Å². The van der Waals surface area contributed by atoms with Gasteiger partial charge in [0.25, 0.3) is 5.91 Å². The van der Waals surface area contributed by atoms with Crippen molar-refractivity contribution in [3.63, 3.8) is 0 Å². The van der Waals surface area contributed by atoms with E-state index < -0.39 is 17.9 Å². The Morgan fingerprint density at radius 2 is 1.92 bits per heavy atom. The first-order valence-corrected chi connectivity index (χ1v) is 9.23. The molecule has 0 bridgehead atoms. The summed E-state index contributed by atoms with van der Waals surface area (Å²) in [5.41, 5.74) is 0.527. The van der Waals surface area contributed by atoms with Crippen LogP contribution in [0.4, 0.5) is 0 Å². The van der Waals surface area contributed by atoms with Crippen molar-refractivity contribution in [2.45, 2.75) is 39.2 Å². The fourth-order valence-corrected chi connectivity index (χ4v) is 3.26. The third kappa shape index (κ3) is 5.46. The lowest BCUT2D eigenvalue weighted by Crippen LogP contribution is -2.49. The van der Waals surface area contributed by atoms with E-state index in [4.69, 9.17) is 11.6 Å². The van der Waals surface area contributed by atoms with Crippen LogP contribution in [0, 0.1) is 11.8 Å². The molecule has 1 aromatic rings. The molecular weight excluding hydrogens is 356 g/mol. The van der Waals surface area contributed by atoms with Crippen LogP contribution in [-0.4, -0.2) is 46.9 Å². The van der Waals surface area contributed by atoms with Crippen molar-refractivity contribution in [3.8, 4) is 0 Å². The van der Waals surface area contributed by atoms with Crippen LogP contribution >= 0.6 is 11.6 Å². The Morgan fingerprint density at radius 3 is 2.50 bits per heavy atom. The zero-order chi connectivity index (χ0) is 19.3. The third-order valence-corrected chi connectivity index (χ3v) is 4.74. The first kappa shape index (κ1) is 20.2. The molecule has 7 heteroatoms. The first-order valence-electron chi connectivity index (χ1n) is 8.86.